The summed E-state index contributed by atoms with van der Waals surface area (Å²) >= 11 is 0. The molecule has 0 aromatic heterocycles. The average Bonchev–Trinajstić information content (AvgIpc) is 2.20. The largest absolute Gasteiger partial charge is 0.402 e. The Morgan fingerprint density at radius 1 is 1.32 bits per heavy atom. The molecule has 0 heterocycles. The minimum atomic E-state index is -4.71. The molecule has 1 aromatic rings. The average molecular weight is 300 g/mol. The van der Waals surface area contributed by atoms with E-state index in [1.807, 2.05) is 0 Å². The summed E-state index contributed by atoms with van der Waals surface area (Å²) in [6.45, 7) is -0.253. The second kappa shape index (κ2) is 4.97. The van der Waals surface area contributed by atoms with E-state index in [0.29, 0.717) is 5.56 Å². The summed E-state index contributed by atoms with van der Waals surface area (Å²) in [5.41, 5.74) is 5.73. The highest BCUT2D eigenvalue weighted by atomic mass is 32.2. The molecule has 0 unspecified atom stereocenters. The molecule has 9 heteroatoms. The van der Waals surface area contributed by atoms with Gasteiger partial charge in [0.05, 0.1) is 0 Å². The number of halogens is 4. The molecule has 0 radical (unpaired) electrons. The molecule has 108 valence electrons. The molecular formula is C10H12F4N2O2S. The molecule has 0 aliphatic carbocycles. The van der Waals surface area contributed by atoms with Gasteiger partial charge in [-0.2, -0.15) is 17.5 Å². The van der Waals surface area contributed by atoms with Crippen LogP contribution in [0.1, 0.15) is 5.56 Å². The van der Waals surface area contributed by atoms with E-state index in [4.69, 9.17) is 5.73 Å². The number of nitrogen functional groups attached to an aromatic ring is 1. The number of benzene rings is 1. The predicted molar refractivity (Wildman–Crippen MR) is 61.4 cm³/mol. The Hall–Kier alpha value is -1.35. The Bertz CT molecular complexity index is 584. The van der Waals surface area contributed by atoms with E-state index in [-0.39, 0.29) is 9.99 Å². The van der Waals surface area contributed by atoms with Crippen molar-refractivity contribution in [1.82, 2.24) is 4.31 Å². The van der Waals surface area contributed by atoms with Crippen LogP contribution in [0, 0.1) is 12.7 Å². The highest BCUT2D eigenvalue weighted by molar-refractivity contribution is 7.89. The zero-order valence-corrected chi connectivity index (χ0v) is 10.9. The molecule has 0 bridgehead atoms. The van der Waals surface area contributed by atoms with Gasteiger partial charge in [-0.25, -0.2) is 12.8 Å². The van der Waals surface area contributed by atoms with E-state index < -0.39 is 33.5 Å². The van der Waals surface area contributed by atoms with Crippen molar-refractivity contribution in [3.8, 4) is 0 Å². The van der Waals surface area contributed by atoms with E-state index in [2.05, 4.69) is 0 Å². The van der Waals surface area contributed by atoms with Crippen molar-refractivity contribution in [2.75, 3.05) is 19.3 Å². The first-order chi connectivity index (χ1) is 8.45. The lowest BCUT2D eigenvalue weighted by Gasteiger charge is -2.19. The first-order valence-corrected chi connectivity index (χ1v) is 6.48. The van der Waals surface area contributed by atoms with Gasteiger partial charge in [0.2, 0.25) is 10.0 Å². The Morgan fingerprint density at radius 3 is 2.32 bits per heavy atom. The van der Waals surface area contributed by atoms with Crippen LogP contribution < -0.4 is 5.73 Å². The molecule has 0 atom stereocenters. The summed E-state index contributed by atoms with van der Waals surface area (Å²) in [5.74, 6) is -1.14. The Labute approximate surface area is 107 Å². The molecule has 19 heavy (non-hydrogen) atoms. The van der Waals surface area contributed by atoms with Crippen LogP contribution >= 0.6 is 0 Å². The summed E-state index contributed by atoms with van der Waals surface area (Å²) < 4.78 is 73.8. The molecule has 4 nitrogen and oxygen atoms in total. The van der Waals surface area contributed by atoms with E-state index in [0.717, 1.165) is 19.2 Å². The van der Waals surface area contributed by atoms with E-state index in [9.17, 15) is 26.0 Å². The zero-order chi connectivity index (χ0) is 15.0. The smallest absolute Gasteiger partial charge is 0.398 e. The van der Waals surface area contributed by atoms with Gasteiger partial charge in [0.25, 0.3) is 0 Å². The molecule has 0 fully saturated rings. The number of aryl methyl sites for hydroxylation is 1. The predicted octanol–water partition coefficient (Wildman–Crippen LogP) is 1.90. The van der Waals surface area contributed by atoms with Gasteiger partial charge in [0, 0.05) is 12.7 Å². The first kappa shape index (κ1) is 15.7. The first-order valence-electron chi connectivity index (χ1n) is 5.04. The quantitative estimate of drug-likeness (QED) is 0.685. The van der Waals surface area contributed by atoms with Crippen LogP contribution in [-0.4, -0.2) is 32.5 Å². The lowest BCUT2D eigenvalue weighted by molar-refractivity contribution is -0.134. The highest BCUT2D eigenvalue weighted by Gasteiger charge is 2.36. The van der Waals surface area contributed by atoms with Gasteiger partial charge in [-0.3, -0.25) is 0 Å². The molecule has 0 spiro atoms. The minimum absolute atomic E-state index is 0.0135. The molecule has 0 aliphatic heterocycles. The van der Waals surface area contributed by atoms with Gasteiger partial charge < -0.3 is 5.73 Å². The van der Waals surface area contributed by atoms with Gasteiger partial charge in [0.1, 0.15) is 17.3 Å². The summed E-state index contributed by atoms with van der Waals surface area (Å²) in [7, 11) is -3.86. The lowest BCUT2D eigenvalue weighted by Crippen LogP contribution is -2.36. The number of anilines is 1. The van der Waals surface area contributed by atoms with E-state index in [1.165, 1.54) is 6.92 Å². The molecule has 1 aromatic carbocycles. The zero-order valence-electron chi connectivity index (χ0n) is 10.1. The van der Waals surface area contributed by atoms with Crippen molar-refractivity contribution in [2.24, 2.45) is 0 Å². The fraction of sp³-hybridized carbons (Fsp3) is 0.400. The maximum Gasteiger partial charge on any atom is 0.402 e. The monoisotopic (exact) mass is 300 g/mol. The Morgan fingerprint density at radius 2 is 1.84 bits per heavy atom. The number of hydrogen-bond donors (Lipinski definition) is 1. The maximum atomic E-state index is 13.6. The molecule has 0 aliphatic rings. The van der Waals surface area contributed by atoms with Crippen LogP contribution in [0.2, 0.25) is 0 Å². The highest BCUT2D eigenvalue weighted by Crippen LogP contribution is 2.26. The summed E-state index contributed by atoms with van der Waals surface area (Å²) in [5, 5.41) is 0. The topological polar surface area (TPSA) is 63.4 Å². The molecule has 0 saturated heterocycles. The number of nitrogens with two attached hydrogens (primary N) is 1. The van der Waals surface area contributed by atoms with E-state index in [1.54, 1.807) is 0 Å². The van der Waals surface area contributed by atoms with Crippen LogP contribution in [0.4, 0.5) is 23.2 Å². The lowest BCUT2D eigenvalue weighted by atomic mass is 10.2. The minimum Gasteiger partial charge on any atom is -0.398 e. The van der Waals surface area contributed by atoms with Crippen LogP contribution in [0.5, 0.6) is 0 Å². The normalized spacial score (nSPS) is 13.0. The van der Waals surface area contributed by atoms with Crippen molar-refractivity contribution in [3.05, 3.63) is 23.5 Å². The molecule has 0 amide bonds. The van der Waals surface area contributed by atoms with E-state index >= 15 is 0 Å². The fourth-order valence-corrected chi connectivity index (χ4v) is 2.60. The maximum absolute atomic E-state index is 13.6. The van der Waals surface area contributed by atoms with Crippen molar-refractivity contribution < 1.29 is 26.0 Å². The van der Waals surface area contributed by atoms with Gasteiger partial charge in [-0.15, -0.1) is 0 Å². The van der Waals surface area contributed by atoms with Gasteiger partial charge in [-0.1, -0.05) is 0 Å². The third-order valence-corrected chi connectivity index (χ3v) is 4.23. The van der Waals surface area contributed by atoms with Crippen molar-refractivity contribution in [2.45, 2.75) is 18.0 Å². The second-order valence-electron chi connectivity index (χ2n) is 4.02. The SMILES string of the molecule is Cc1cc(F)c(S(=O)(=O)N(C)CC(F)(F)F)cc1N. The number of nitrogens with zero attached hydrogens (tertiary/aromatic N) is 1. The second-order valence-corrected chi connectivity index (χ2v) is 6.03. The molecule has 1 rings (SSSR count). The van der Waals surface area contributed by atoms with Crippen molar-refractivity contribution in [1.29, 1.82) is 0 Å². The molecule has 2 N–H and O–H groups in total. The fourth-order valence-electron chi connectivity index (χ4n) is 1.37. The summed E-state index contributed by atoms with van der Waals surface area (Å²) in [6.07, 6.45) is -4.71. The molecule has 0 saturated carbocycles. The summed E-state index contributed by atoms with van der Waals surface area (Å²) in [6, 6.07) is 1.68. The van der Waals surface area contributed by atoms with Crippen LogP contribution in [0.25, 0.3) is 0 Å². The Kier molecular flexibility index (Phi) is 4.11. The van der Waals surface area contributed by atoms with Gasteiger partial charge in [-0.05, 0) is 24.6 Å². The van der Waals surface area contributed by atoms with Gasteiger partial charge in [0.15, 0.2) is 0 Å². The van der Waals surface area contributed by atoms with Crippen molar-refractivity contribution >= 4 is 15.7 Å². The number of sulfonamides is 1. The molecular weight excluding hydrogens is 288 g/mol. The van der Waals surface area contributed by atoms with Crippen LogP contribution in [0.15, 0.2) is 17.0 Å². The van der Waals surface area contributed by atoms with Crippen molar-refractivity contribution in [3.63, 3.8) is 0 Å². The summed E-state index contributed by atoms with van der Waals surface area (Å²) in [4.78, 5) is -0.873. The van der Waals surface area contributed by atoms with Gasteiger partial charge >= 0.3 is 6.18 Å². The third-order valence-electron chi connectivity index (χ3n) is 2.41. The standard InChI is InChI=1S/C10H12F4N2O2S/c1-6-3-7(11)9(4-8(6)15)19(17,18)16(2)5-10(12,13)14/h3-4H,5,15H2,1-2H3. The number of hydrogen-bond acceptors (Lipinski definition) is 3. The third kappa shape index (κ3) is 3.57. The number of rotatable bonds is 3. The number of alkyl halides is 3. The van der Waals surface area contributed by atoms with Crippen LogP contribution in [0.3, 0.4) is 0 Å². The van der Waals surface area contributed by atoms with Crippen LogP contribution in [-0.2, 0) is 10.0 Å². The Balaban J connectivity index is 3.25.